The van der Waals surface area contributed by atoms with E-state index in [9.17, 15) is 9.59 Å². The smallest absolute Gasteiger partial charge is 0.307 e. The van der Waals surface area contributed by atoms with E-state index in [0.717, 1.165) is 5.56 Å². The Bertz CT molecular complexity index is 495. The van der Waals surface area contributed by atoms with Crippen molar-refractivity contribution in [3.63, 3.8) is 0 Å². The van der Waals surface area contributed by atoms with Crippen LogP contribution in [0.2, 0.25) is 10.0 Å². The lowest BCUT2D eigenvalue weighted by atomic mass is 10.2. The average molecular weight is 316 g/mol. The molecule has 0 unspecified atom stereocenters. The van der Waals surface area contributed by atoms with Crippen molar-refractivity contribution in [1.29, 1.82) is 0 Å². The number of hydrogen-bond acceptors (Lipinski definition) is 3. The number of amides is 1. The van der Waals surface area contributed by atoms with E-state index in [1.165, 1.54) is 6.08 Å². The molecule has 0 aliphatic carbocycles. The summed E-state index contributed by atoms with van der Waals surface area (Å²) in [5.74, 6) is -0.635. The number of ether oxygens (including phenoxy) is 1. The van der Waals surface area contributed by atoms with Gasteiger partial charge in [-0.05, 0) is 36.8 Å². The fourth-order valence-corrected chi connectivity index (χ4v) is 1.97. The van der Waals surface area contributed by atoms with Crippen molar-refractivity contribution in [3.8, 4) is 0 Å². The number of rotatable bonds is 6. The third kappa shape index (κ3) is 6.59. The Kier molecular flexibility index (Phi) is 7.12. The molecule has 0 atom stereocenters. The van der Waals surface area contributed by atoms with Gasteiger partial charge in [-0.25, -0.2) is 0 Å². The highest BCUT2D eigenvalue weighted by Gasteiger charge is 2.02. The third-order valence-electron chi connectivity index (χ3n) is 2.25. The minimum absolute atomic E-state index is 0.149. The number of halogens is 2. The number of benzene rings is 1. The number of hydrogen-bond donors (Lipinski definition) is 1. The van der Waals surface area contributed by atoms with Crippen LogP contribution >= 0.6 is 23.2 Å². The first-order valence-corrected chi connectivity index (χ1v) is 6.84. The topological polar surface area (TPSA) is 55.4 Å². The predicted molar refractivity (Wildman–Crippen MR) is 79.8 cm³/mol. The van der Waals surface area contributed by atoms with Crippen molar-refractivity contribution in [3.05, 3.63) is 39.9 Å². The third-order valence-corrected chi connectivity index (χ3v) is 2.68. The second kappa shape index (κ2) is 8.61. The first kappa shape index (κ1) is 16.5. The molecule has 0 aliphatic rings. The van der Waals surface area contributed by atoms with Crippen molar-refractivity contribution in [1.82, 2.24) is 5.32 Å². The van der Waals surface area contributed by atoms with Gasteiger partial charge in [0.1, 0.15) is 0 Å². The van der Waals surface area contributed by atoms with E-state index in [2.05, 4.69) is 5.32 Å². The van der Waals surface area contributed by atoms with E-state index in [4.69, 9.17) is 27.9 Å². The van der Waals surface area contributed by atoms with Gasteiger partial charge in [-0.1, -0.05) is 23.2 Å². The van der Waals surface area contributed by atoms with Crippen molar-refractivity contribution in [2.45, 2.75) is 13.3 Å². The van der Waals surface area contributed by atoms with Crippen molar-refractivity contribution >= 4 is 41.2 Å². The summed E-state index contributed by atoms with van der Waals surface area (Å²) in [7, 11) is 0. The maximum atomic E-state index is 11.5. The summed E-state index contributed by atoms with van der Waals surface area (Å²) in [5, 5.41) is 3.58. The quantitative estimate of drug-likeness (QED) is 0.648. The highest BCUT2D eigenvalue weighted by molar-refractivity contribution is 6.34. The Hall–Kier alpha value is -1.52. The SMILES string of the molecule is CCOC(=O)CCNC(=O)C=Cc1cc(Cl)cc(Cl)c1. The van der Waals surface area contributed by atoms with Crippen LogP contribution in [0.4, 0.5) is 0 Å². The molecule has 0 aromatic heterocycles. The molecule has 0 bridgehead atoms. The summed E-state index contributed by atoms with van der Waals surface area (Å²) >= 11 is 11.7. The Morgan fingerprint density at radius 1 is 1.25 bits per heavy atom. The minimum Gasteiger partial charge on any atom is -0.466 e. The Labute approximate surface area is 127 Å². The van der Waals surface area contributed by atoms with Crippen LogP contribution < -0.4 is 5.32 Å². The molecular formula is C14H15Cl2NO3. The van der Waals surface area contributed by atoms with Crippen LogP contribution in [-0.2, 0) is 14.3 Å². The second-order valence-corrected chi connectivity index (χ2v) is 4.76. The van der Waals surface area contributed by atoms with Gasteiger partial charge in [0.05, 0.1) is 13.0 Å². The summed E-state index contributed by atoms with van der Waals surface area (Å²) in [4.78, 5) is 22.6. The highest BCUT2D eigenvalue weighted by atomic mass is 35.5. The lowest BCUT2D eigenvalue weighted by molar-refractivity contribution is -0.142. The normalized spacial score (nSPS) is 10.6. The zero-order chi connectivity index (χ0) is 15.0. The van der Waals surface area contributed by atoms with Gasteiger partial charge in [-0.15, -0.1) is 0 Å². The lowest BCUT2D eigenvalue weighted by Gasteiger charge is -2.02. The number of carbonyl (C=O) groups is 2. The highest BCUT2D eigenvalue weighted by Crippen LogP contribution is 2.19. The van der Waals surface area contributed by atoms with Crippen molar-refractivity contribution < 1.29 is 14.3 Å². The van der Waals surface area contributed by atoms with Gasteiger partial charge in [-0.2, -0.15) is 0 Å². The molecule has 0 spiro atoms. The van der Waals surface area contributed by atoms with E-state index < -0.39 is 0 Å². The molecule has 1 aromatic rings. The average Bonchev–Trinajstić information content (AvgIpc) is 2.35. The standard InChI is InChI=1S/C14H15Cl2NO3/c1-2-20-14(19)5-6-17-13(18)4-3-10-7-11(15)9-12(16)8-10/h3-4,7-9H,2,5-6H2,1H3,(H,17,18). The van der Waals surface area contributed by atoms with Gasteiger partial charge in [0.15, 0.2) is 0 Å². The molecule has 0 saturated carbocycles. The maximum Gasteiger partial charge on any atom is 0.307 e. The molecule has 1 amide bonds. The van der Waals surface area contributed by atoms with Crippen LogP contribution in [-0.4, -0.2) is 25.0 Å². The second-order valence-electron chi connectivity index (χ2n) is 3.88. The van der Waals surface area contributed by atoms with Gasteiger partial charge in [0.2, 0.25) is 5.91 Å². The Morgan fingerprint density at radius 3 is 2.50 bits per heavy atom. The molecule has 0 radical (unpaired) electrons. The fourth-order valence-electron chi connectivity index (χ4n) is 1.42. The summed E-state index contributed by atoms with van der Waals surface area (Å²) in [6, 6.07) is 4.99. The predicted octanol–water partition coefficient (Wildman–Crippen LogP) is 3.08. The molecular weight excluding hydrogens is 301 g/mol. The van der Waals surface area contributed by atoms with Gasteiger partial charge in [-0.3, -0.25) is 9.59 Å². The molecule has 0 heterocycles. The zero-order valence-corrected chi connectivity index (χ0v) is 12.5. The van der Waals surface area contributed by atoms with Crippen molar-refractivity contribution in [2.75, 3.05) is 13.2 Å². The van der Waals surface area contributed by atoms with Crippen LogP contribution in [0.5, 0.6) is 0 Å². The summed E-state index contributed by atoms with van der Waals surface area (Å²) < 4.78 is 4.74. The number of carbonyl (C=O) groups excluding carboxylic acids is 2. The largest absolute Gasteiger partial charge is 0.466 e. The number of nitrogens with one attached hydrogen (secondary N) is 1. The molecule has 108 valence electrons. The van der Waals surface area contributed by atoms with E-state index in [1.54, 1.807) is 31.2 Å². The number of esters is 1. The van der Waals surface area contributed by atoms with Crippen LogP contribution in [0.25, 0.3) is 6.08 Å². The molecule has 0 fully saturated rings. The van der Waals surface area contributed by atoms with Gasteiger partial charge >= 0.3 is 5.97 Å². The van der Waals surface area contributed by atoms with E-state index in [1.807, 2.05) is 0 Å². The molecule has 20 heavy (non-hydrogen) atoms. The molecule has 4 nitrogen and oxygen atoms in total. The molecule has 0 saturated heterocycles. The molecule has 0 aliphatic heterocycles. The van der Waals surface area contributed by atoms with Crippen LogP contribution in [0.3, 0.4) is 0 Å². The van der Waals surface area contributed by atoms with Crippen LogP contribution in [0, 0.1) is 0 Å². The molecule has 1 aromatic carbocycles. The van der Waals surface area contributed by atoms with E-state index >= 15 is 0 Å². The van der Waals surface area contributed by atoms with Crippen LogP contribution in [0.15, 0.2) is 24.3 Å². The summed E-state index contributed by atoms with van der Waals surface area (Å²) in [5.41, 5.74) is 0.725. The monoisotopic (exact) mass is 315 g/mol. The molecule has 6 heteroatoms. The summed E-state index contributed by atoms with van der Waals surface area (Å²) in [6.45, 7) is 2.30. The molecule has 1 rings (SSSR count). The van der Waals surface area contributed by atoms with E-state index in [-0.39, 0.29) is 24.8 Å². The van der Waals surface area contributed by atoms with Gasteiger partial charge < -0.3 is 10.1 Å². The first-order chi connectivity index (χ1) is 9.51. The maximum absolute atomic E-state index is 11.5. The summed E-state index contributed by atoms with van der Waals surface area (Å²) in [6.07, 6.45) is 3.10. The van der Waals surface area contributed by atoms with Gasteiger partial charge in [0.25, 0.3) is 0 Å². The Balaban J connectivity index is 2.41. The zero-order valence-electron chi connectivity index (χ0n) is 11.0. The Morgan fingerprint density at radius 2 is 1.90 bits per heavy atom. The van der Waals surface area contributed by atoms with Gasteiger partial charge in [0, 0.05) is 22.7 Å². The first-order valence-electron chi connectivity index (χ1n) is 6.09. The lowest BCUT2D eigenvalue weighted by Crippen LogP contribution is -2.24. The molecule has 1 N–H and O–H groups in total. The fraction of sp³-hybridized carbons (Fsp3) is 0.286. The van der Waals surface area contributed by atoms with Crippen LogP contribution in [0.1, 0.15) is 18.9 Å². The van der Waals surface area contributed by atoms with E-state index in [0.29, 0.717) is 16.7 Å². The van der Waals surface area contributed by atoms with Crippen molar-refractivity contribution in [2.24, 2.45) is 0 Å². The minimum atomic E-state index is -0.335.